The van der Waals surface area contributed by atoms with Gasteiger partial charge in [-0.3, -0.25) is 9.59 Å². The first-order valence-electron chi connectivity index (χ1n) is 11.1. The highest BCUT2D eigenvalue weighted by atomic mass is 16.7. The average Bonchev–Trinajstić information content (AvgIpc) is 2.80. The van der Waals surface area contributed by atoms with E-state index in [1.807, 2.05) is 19.9 Å². The second-order valence-corrected chi connectivity index (χ2v) is 10.4. The number of carbonyl (C=O) groups is 2. The third-order valence-corrected chi connectivity index (χ3v) is 9.50. The summed E-state index contributed by atoms with van der Waals surface area (Å²) in [5.41, 5.74) is -1.40. The topological polar surface area (TPSA) is 93.1 Å². The van der Waals surface area contributed by atoms with Gasteiger partial charge in [-0.1, -0.05) is 19.4 Å². The van der Waals surface area contributed by atoms with Gasteiger partial charge in [-0.15, -0.1) is 0 Å². The Labute approximate surface area is 171 Å². The van der Waals surface area contributed by atoms with Gasteiger partial charge in [0.25, 0.3) is 0 Å². The Balaban J connectivity index is 1.65. The van der Waals surface area contributed by atoms with Gasteiger partial charge in [-0.25, -0.2) is 0 Å². The van der Waals surface area contributed by atoms with Crippen molar-refractivity contribution in [2.24, 2.45) is 22.7 Å². The molecule has 5 aliphatic rings. The number of aliphatic hydroxyl groups is 2. The molecule has 0 radical (unpaired) electrons. The van der Waals surface area contributed by atoms with E-state index < -0.39 is 35.6 Å². The fourth-order valence-electron chi connectivity index (χ4n) is 8.31. The summed E-state index contributed by atoms with van der Waals surface area (Å²) in [6.07, 6.45) is 5.24. The van der Waals surface area contributed by atoms with Gasteiger partial charge in [-0.05, 0) is 68.8 Å². The van der Waals surface area contributed by atoms with Crippen molar-refractivity contribution in [1.82, 2.24) is 0 Å². The van der Waals surface area contributed by atoms with Gasteiger partial charge in [0.1, 0.15) is 12.2 Å². The van der Waals surface area contributed by atoms with E-state index in [0.29, 0.717) is 25.7 Å². The van der Waals surface area contributed by atoms with E-state index in [1.54, 1.807) is 0 Å². The van der Waals surface area contributed by atoms with Gasteiger partial charge in [0.2, 0.25) is 0 Å². The number of ether oxygens (including phenoxy) is 2. The number of Topliss-reactive ketones (excluding diaryl/α,β-unsaturated/α-hetero) is 1. The van der Waals surface area contributed by atoms with Crippen LogP contribution in [-0.2, 0) is 19.1 Å². The molecule has 1 saturated heterocycles. The third-order valence-electron chi connectivity index (χ3n) is 9.50. The summed E-state index contributed by atoms with van der Waals surface area (Å²) < 4.78 is 12.8. The largest absolute Gasteiger partial charge is 0.393 e. The Morgan fingerprint density at radius 2 is 1.97 bits per heavy atom. The molecule has 8 atom stereocenters. The number of carbonyl (C=O) groups excluding carboxylic acids is 2. The summed E-state index contributed by atoms with van der Waals surface area (Å²) in [5.74, 6) is -0.0255. The van der Waals surface area contributed by atoms with Crippen molar-refractivity contribution in [2.75, 3.05) is 6.61 Å². The van der Waals surface area contributed by atoms with E-state index in [9.17, 15) is 19.8 Å². The number of allylic oxidation sites excluding steroid dienone is 1. The molecule has 2 bridgehead atoms. The average molecular weight is 405 g/mol. The third kappa shape index (κ3) is 2.16. The fourth-order valence-corrected chi connectivity index (χ4v) is 8.31. The summed E-state index contributed by atoms with van der Waals surface area (Å²) in [6, 6.07) is 0. The number of ketones is 2. The SMILES string of the molecule is CC1O[C@@]2(C(=O)CO)CC[C@@]3(O1)[C@@H]1CCC4=CC(=O)CC[C@]4(C)[C@H]1[C@H](O)C[C@]23C. The smallest absolute Gasteiger partial charge is 0.190 e. The van der Waals surface area contributed by atoms with Crippen LogP contribution in [0.25, 0.3) is 0 Å². The highest BCUT2D eigenvalue weighted by Crippen LogP contribution is 2.73. The zero-order valence-electron chi connectivity index (χ0n) is 17.6. The van der Waals surface area contributed by atoms with Crippen LogP contribution in [0.4, 0.5) is 0 Å². The van der Waals surface area contributed by atoms with Crippen molar-refractivity contribution < 1.29 is 29.3 Å². The summed E-state index contributed by atoms with van der Waals surface area (Å²) in [6.45, 7) is 5.50. The van der Waals surface area contributed by atoms with Crippen molar-refractivity contribution >= 4 is 11.6 Å². The molecule has 29 heavy (non-hydrogen) atoms. The summed E-state index contributed by atoms with van der Waals surface area (Å²) in [5, 5.41) is 21.2. The van der Waals surface area contributed by atoms with E-state index in [0.717, 1.165) is 19.3 Å². The molecule has 1 heterocycles. The summed E-state index contributed by atoms with van der Waals surface area (Å²) >= 11 is 0. The first-order chi connectivity index (χ1) is 13.6. The van der Waals surface area contributed by atoms with Crippen LogP contribution in [0, 0.1) is 22.7 Å². The van der Waals surface area contributed by atoms with Crippen LogP contribution >= 0.6 is 0 Å². The minimum atomic E-state index is -1.11. The molecule has 3 saturated carbocycles. The Hall–Kier alpha value is -1.08. The van der Waals surface area contributed by atoms with Crippen LogP contribution in [0.1, 0.15) is 65.7 Å². The molecule has 6 heteroatoms. The molecule has 0 amide bonds. The van der Waals surface area contributed by atoms with Gasteiger partial charge in [0, 0.05) is 11.8 Å². The lowest BCUT2D eigenvalue weighted by Crippen LogP contribution is -2.74. The van der Waals surface area contributed by atoms with Gasteiger partial charge >= 0.3 is 0 Å². The van der Waals surface area contributed by atoms with Gasteiger partial charge in [0.15, 0.2) is 17.9 Å². The number of aliphatic hydroxyl groups excluding tert-OH is 2. The number of hydrogen-bond acceptors (Lipinski definition) is 6. The van der Waals surface area contributed by atoms with Crippen LogP contribution < -0.4 is 0 Å². The van der Waals surface area contributed by atoms with Crippen molar-refractivity contribution in [3.63, 3.8) is 0 Å². The lowest BCUT2D eigenvalue weighted by molar-refractivity contribution is -0.373. The molecule has 5 rings (SSSR count). The molecule has 1 unspecified atom stereocenters. The zero-order chi connectivity index (χ0) is 20.8. The lowest BCUT2D eigenvalue weighted by atomic mass is 9.43. The quantitative estimate of drug-likeness (QED) is 0.734. The van der Waals surface area contributed by atoms with E-state index in [4.69, 9.17) is 9.47 Å². The normalized spacial score (nSPS) is 53.6. The predicted molar refractivity (Wildman–Crippen MR) is 104 cm³/mol. The second-order valence-electron chi connectivity index (χ2n) is 10.4. The Morgan fingerprint density at radius 3 is 2.69 bits per heavy atom. The highest BCUT2D eigenvalue weighted by molar-refractivity contribution is 5.92. The number of rotatable bonds is 2. The second kappa shape index (κ2) is 6.00. The monoisotopic (exact) mass is 404 g/mol. The molecule has 1 aliphatic heterocycles. The Morgan fingerprint density at radius 1 is 1.21 bits per heavy atom. The maximum atomic E-state index is 13.0. The van der Waals surface area contributed by atoms with Crippen molar-refractivity contribution in [2.45, 2.75) is 89.3 Å². The Kier molecular flexibility index (Phi) is 4.11. The minimum Gasteiger partial charge on any atom is -0.393 e. The van der Waals surface area contributed by atoms with Crippen molar-refractivity contribution in [3.8, 4) is 0 Å². The van der Waals surface area contributed by atoms with Gasteiger partial charge in [0.05, 0.1) is 11.7 Å². The molecule has 4 fully saturated rings. The maximum absolute atomic E-state index is 13.0. The molecular weight excluding hydrogens is 372 g/mol. The molecule has 0 spiro atoms. The molecule has 160 valence electrons. The van der Waals surface area contributed by atoms with E-state index in [-0.39, 0.29) is 28.8 Å². The first kappa shape index (κ1) is 19.9. The summed E-state index contributed by atoms with van der Waals surface area (Å²) in [7, 11) is 0. The van der Waals surface area contributed by atoms with Crippen molar-refractivity contribution in [3.05, 3.63) is 11.6 Å². The molecule has 6 nitrogen and oxygen atoms in total. The molecule has 0 aromatic rings. The fraction of sp³-hybridized carbons (Fsp3) is 0.826. The van der Waals surface area contributed by atoms with E-state index in [2.05, 4.69) is 6.92 Å². The van der Waals surface area contributed by atoms with Crippen molar-refractivity contribution in [1.29, 1.82) is 0 Å². The minimum absolute atomic E-state index is 0.00555. The number of hydrogen-bond donors (Lipinski definition) is 2. The maximum Gasteiger partial charge on any atom is 0.190 e. The predicted octanol–water partition coefficient (Wildman–Crippen LogP) is 2.30. The van der Waals surface area contributed by atoms with Crippen LogP contribution in [0.15, 0.2) is 11.6 Å². The zero-order valence-corrected chi connectivity index (χ0v) is 17.6. The highest BCUT2D eigenvalue weighted by Gasteiger charge is 2.79. The number of fused-ring (bicyclic) bond motifs is 3. The van der Waals surface area contributed by atoms with Crippen LogP contribution in [0.2, 0.25) is 0 Å². The van der Waals surface area contributed by atoms with E-state index >= 15 is 0 Å². The molecule has 0 aromatic carbocycles. The molecule has 0 aromatic heterocycles. The first-order valence-corrected chi connectivity index (χ1v) is 11.1. The summed E-state index contributed by atoms with van der Waals surface area (Å²) in [4.78, 5) is 25.0. The van der Waals surface area contributed by atoms with Gasteiger partial charge in [-0.2, -0.15) is 0 Å². The molecular formula is C23H32O6. The Bertz CT molecular complexity index is 805. The lowest BCUT2D eigenvalue weighted by Gasteiger charge is -2.67. The standard InChI is InChI=1S/C23H32O6/c1-13-28-22-8-9-23(29-13,18(27)12-24)21(22,3)11-17(26)19-16(22)5-4-14-10-15(25)6-7-20(14,19)2/h10,13,16-17,19,24,26H,4-9,11-12H2,1-3H3/t13?,16-,17-,19-,20+,21+,22-,23-/m1/s1. The van der Waals surface area contributed by atoms with Gasteiger partial charge < -0.3 is 19.7 Å². The molecule has 2 N–H and O–H groups in total. The van der Waals surface area contributed by atoms with E-state index in [1.165, 1.54) is 5.57 Å². The molecule has 4 aliphatic carbocycles. The van der Waals surface area contributed by atoms with Crippen LogP contribution in [-0.4, -0.2) is 52.0 Å². The van der Waals surface area contributed by atoms with Crippen LogP contribution in [0.3, 0.4) is 0 Å². The van der Waals surface area contributed by atoms with Crippen LogP contribution in [0.5, 0.6) is 0 Å².